The van der Waals surface area contributed by atoms with Gasteiger partial charge in [0.1, 0.15) is 23.9 Å². The van der Waals surface area contributed by atoms with E-state index in [-0.39, 0.29) is 11.9 Å². The van der Waals surface area contributed by atoms with Gasteiger partial charge in [0.25, 0.3) is 0 Å². The molecule has 0 aliphatic carbocycles. The van der Waals surface area contributed by atoms with E-state index in [2.05, 4.69) is 15.4 Å². The van der Waals surface area contributed by atoms with Gasteiger partial charge in [-0.2, -0.15) is 10.1 Å². The normalized spacial score (nSPS) is 18.2. The van der Waals surface area contributed by atoms with Crippen LogP contribution in [0.2, 0.25) is 0 Å². The van der Waals surface area contributed by atoms with E-state index >= 15 is 0 Å². The van der Waals surface area contributed by atoms with Gasteiger partial charge >= 0.3 is 0 Å². The van der Waals surface area contributed by atoms with E-state index in [4.69, 9.17) is 14.2 Å². The maximum absolute atomic E-state index is 13.8. The van der Waals surface area contributed by atoms with Crippen molar-refractivity contribution in [2.45, 2.75) is 12.1 Å². The maximum atomic E-state index is 13.8. The number of hydrogen-bond acceptors (Lipinski definition) is 6. The molecular formula is C26H21FN4O3. The molecule has 4 aromatic rings. The highest BCUT2D eigenvalue weighted by molar-refractivity contribution is 5.85. The first kappa shape index (κ1) is 20.3. The van der Waals surface area contributed by atoms with Crippen molar-refractivity contribution in [2.24, 2.45) is 0 Å². The van der Waals surface area contributed by atoms with Gasteiger partial charge in [0.2, 0.25) is 5.95 Å². The van der Waals surface area contributed by atoms with Gasteiger partial charge in [-0.3, -0.25) is 0 Å². The number of ether oxygens (including phenoxy) is 3. The molecular weight excluding hydrogens is 435 g/mol. The Morgan fingerprint density at radius 3 is 2.59 bits per heavy atom. The van der Waals surface area contributed by atoms with E-state index in [9.17, 15) is 4.39 Å². The van der Waals surface area contributed by atoms with Crippen molar-refractivity contribution in [1.82, 2.24) is 14.8 Å². The summed E-state index contributed by atoms with van der Waals surface area (Å²) in [4.78, 5) is 4.42. The number of methoxy groups -OCH3 is 2. The Morgan fingerprint density at radius 2 is 1.79 bits per heavy atom. The predicted octanol–water partition coefficient (Wildman–Crippen LogP) is 4.99. The summed E-state index contributed by atoms with van der Waals surface area (Å²) in [5.74, 6) is 2.22. The Labute approximate surface area is 195 Å². The van der Waals surface area contributed by atoms with Gasteiger partial charge in [-0.25, -0.2) is 9.07 Å². The topological polar surface area (TPSA) is 70.4 Å². The second-order valence-electron chi connectivity index (χ2n) is 8.01. The Kier molecular flexibility index (Phi) is 4.72. The molecule has 2 atom stereocenters. The molecule has 34 heavy (non-hydrogen) atoms. The zero-order valence-electron chi connectivity index (χ0n) is 18.5. The highest BCUT2D eigenvalue weighted by Gasteiger charge is 2.42. The Morgan fingerprint density at radius 1 is 0.971 bits per heavy atom. The second kappa shape index (κ2) is 7.91. The van der Waals surface area contributed by atoms with E-state index in [0.29, 0.717) is 17.4 Å². The van der Waals surface area contributed by atoms with Crippen LogP contribution in [0.4, 0.5) is 10.3 Å². The van der Waals surface area contributed by atoms with Crippen LogP contribution in [0.15, 0.2) is 78.6 Å². The summed E-state index contributed by atoms with van der Waals surface area (Å²) in [5.41, 5.74) is 4.37. The van der Waals surface area contributed by atoms with Crippen LogP contribution in [0.3, 0.4) is 0 Å². The number of anilines is 1. The number of fused-ring (bicyclic) bond motifs is 3. The molecule has 1 aromatic heterocycles. The zero-order chi connectivity index (χ0) is 23.2. The summed E-state index contributed by atoms with van der Waals surface area (Å²) in [6.45, 7) is 0. The average molecular weight is 456 g/mol. The van der Waals surface area contributed by atoms with Gasteiger partial charge in [-0.15, -0.1) is 0 Å². The van der Waals surface area contributed by atoms with Crippen molar-refractivity contribution in [3.63, 3.8) is 0 Å². The fourth-order valence-corrected chi connectivity index (χ4v) is 4.76. The number of rotatable bonds is 4. The van der Waals surface area contributed by atoms with E-state index in [1.54, 1.807) is 31.0 Å². The number of para-hydroxylation sites is 2. The smallest absolute Gasteiger partial charge is 0.226 e. The molecule has 0 bridgehead atoms. The number of hydrogen-bond donors (Lipinski definition) is 1. The van der Waals surface area contributed by atoms with Gasteiger partial charge < -0.3 is 19.5 Å². The summed E-state index contributed by atoms with van der Waals surface area (Å²) in [6, 6.07) is 19.6. The van der Waals surface area contributed by atoms with Crippen LogP contribution in [0.25, 0.3) is 5.70 Å². The molecule has 0 saturated carbocycles. The number of halogens is 1. The SMILES string of the molecule is COc1cccc([C@H]2Oc3ccccc3C3=C2[C@H](c2ccc(F)cc2)n2ncnc2N3)c1OC. The molecule has 2 aliphatic rings. The zero-order valence-corrected chi connectivity index (χ0v) is 18.5. The van der Waals surface area contributed by atoms with Crippen molar-refractivity contribution >= 4 is 11.6 Å². The van der Waals surface area contributed by atoms with Gasteiger partial charge in [0.15, 0.2) is 17.6 Å². The van der Waals surface area contributed by atoms with Crippen molar-refractivity contribution in [2.75, 3.05) is 19.5 Å². The van der Waals surface area contributed by atoms with Crippen molar-refractivity contribution in [3.05, 3.63) is 101 Å². The maximum Gasteiger partial charge on any atom is 0.226 e. The molecule has 170 valence electrons. The lowest BCUT2D eigenvalue weighted by Gasteiger charge is -2.39. The van der Waals surface area contributed by atoms with E-state index in [1.807, 2.05) is 42.5 Å². The monoisotopic (exact) mass is 456 g/mol. The molecule has 3 aromatic carbocycles. The van der Waals surface area contributed by atoms with E-state index < -0.39 is 6.10 Å². The van der Waals surface area contributed by atoms with E-state index in [1.165, 1.54) is 18.5 Å². The van der Waals surface area contributed by atoms with Crippen molar-refractivity contribution < 1.29 is 18.6 Å². The molecule has 7 nitrogen and oxygen atoms in total. The third-order valence-corrected chi connectivity index (χ3v) is 6.22. The van der Waals surface area contributed by atoms with Crippen LogP contribution in [0.1, 0.15) is 28.8 Å². The summed E-state index contributed by atoms with van der Waals surface area (Å²) >= 11 is 0. The fraction of sp³-hybridized carbons (Fsp3) is 0.154. The highest BCUT2D eigenvalue weighted by atomic mass is 19.1. The molecule has 0 radical (unpaired) electrons. The molecule has 0 spiro atoms. The first-order chi connectivity index (χ1) is 16.7. The van der Waals surface area contributed by atoms with Crippen LogP contribution in [0.5, 0.6) is 17.2 Å². The number of benzene rings is 3. The summed E-state index contributed by atoms with van der Waals surface area (Å²) < 4.78 is 33.6. The van der Waals surface area contributed by atoms with Crippen LogP contribution < -0.4 is 19.5 Å². The Bertz CT molecular complexity index is 1410. The summed E-state index contributed by atoms with van der Waals surface area (Å²) in [7, 11) is 3.22. The minimum absolute atomic E-state index is 0.304. The molecule has 0 unspecified atom stereocenters. The standard InChI is InChI=1S/C26H21FN4O3/c1-32-20-9-5-7-18(24(20)33-2)25-21-22(17-6-3-4-8-19(17)34-25)30-26-28-14-29-31(26)23(21)15-10-12-16(27)13-11-15/h3-14,23,25H,1-2H3,(H,28,29,30)/t23-,25+/m0/s1. The third kappa shape index (κ3) is 3.02. The van der Waals surface area contributed by atoms with Crippen LogP contribution in [-0.4, -0.2) is 29.0 Å². The summed E-state index contributed by atoms with van der Waals surface area (Å²) in [5, 5.41) is 7.95. The molecule has 0 amide bonds. The minimum atomic E-state index is -0.533. The van der Waals surface area contributed by atoms with Gasteiger partial charge in [-0.1, -0.05) is 36.4 Å². The quantitative estimate of drug-likeness (QED) is 0.466. The Balaban J connectivity index is 1.64. The second-order valence-corrected chi connectivity index (χ2v) is 8.01. The number of aromatic nitrogens is 3. The predicted molar refractivity (Wildman–Crippen MR) is 124 cm³/mol. The van der Waals surface area contributed by atoms with Crippen LogP contribution in [0, 0.1) is 5.82 Å². The van der Waals surface area contributed by atoms with Gasteiger partial charge in [-0.05, 0) is 35.9 Å². The molecule has 1 N–H and O–H groups in total. The van der Waals surface area contributed by atoms with Crippen molar-refractivity contribution in [3.8, 4) is 17.2 Å². The van der Waals surface area contributed by atoms with Gasteiger partial charge in [0, 0.05) is 16.7 Å². The van der Waals surface area contributed by atoms with Gasteiger partial charge in [0.05, 0.1) is 19.9 Å². The van der Waals surface area contributed by atoms with Crippen molar-refractivity contribution in [1.29, 1.82) is 0 Å². The fourth-order valence-electron chi connectivity index (χ4n) is 4.76. The Hall–Kier alpha value is -4.33. The number of nitrogens with one attached hydrogen (secondary N) is 1. The molecule has 3 heterocycles. The van der Waals surface area contributed by atoms with E-state index in [0.717, 1.165) is 33.7 Å². The first-order valence-corrected chi connectivity index (χ1v) is 10.8. The van der Waals surface area contributed by atoms with Crippen LogP contribution >= 0.6 is 0 Å². The molecule has 6 rings (SSSR count). The lowest BCUT2D eigenvalue weighted by Crippen LogP contribution is -2.32. The minimum Gasteiger partial charge on any atom is -0.493 e. The lowest BCUT2D eigenvalue weighted by molar-refractivity contribution is 0.216. The highest BCUT2D eigenvalue weighted by Crippen LogP contribution is 2.52. The molecule has 2 aliphatic heterocycles. The largest absolute Gasteiger partial charge is 0.493 e. The van der Waals surface area contributed by atoms with Crippen LogP contribution in [-0.2, 0) is 0 Å². The first-order valence-electron chi connectivity index (χ1n) is 10.8. The summed E-state index contributed by atoms with van der Waals surface area (Å²) in [6.07, 6.45) is 0.973. The molecule has 8 heteroatoms. The molecule has 0 saturated heterocycles. The lowest BCUT2D eigenvalue weighted by atomic mass is 9.84. The number of nitrogens with zero attached hydrogens (tertiary/aromatic N) is 3. The third-order valence-electron chi connectivity index (χ3n) is 6.22. The molecule has 0 fully saturated rings. The average Bonchev–Trinajstić information content (AvgIpc) is 3.35.